The summed E-state index contributed by atoms with van der Waals surface area (Å²) in [6.45, 7) is 5.96. The van der Waals surface area contributed by atoms with Gasteiger partial charge >= 0.3 is 0 Å². The average molecular weight is 224 g/mol. The van der Waals surface area contributed by atoms with Crippen LogP contribution in [0.4, 0.5) is 0 Å². The monoisotopic (exact) mass is 224 g/mol. The Bertz CT molecular complexity index is 239. The molecule has 0 unspecified atom stereocenters. The molecule has 0 aromatic rings. The molecule has 0 heterocycles. The highest BCUT2D eigenvalue weighted by atomic mass is 32.2. The van der Waals surface area contributed by atoms with Gasteiger partial charge in [0.2, 0.25) is 10.0 Å². The van der Waals surface area contributed by atoms with Gasteiger partial charge in [-0.2, -0.15) is 0 Å². The average Bonchev–Trinajstić information content (AvgIpc) is 2.02. The summed E-state index contributed by atoms with van der Waals surface area (Å²) < 4.78 is 30.3. The molecule has 0 fully saturated rings. The summed E-state index contributed by atoms with van der Waals surface area (Å²) in [5, 5.41) is 0. The van der Waals surface area contributed by atoms with Crippen LogP contribution in [0.15, 0.2) is 0 Å². The lowest BCUT2D eigenvalue weighted by Gasteiger charge is -2.12. The first-order valence-corrected chi connectivity index (χ1v) is 6.34. The van der Waals surface area contributed by atoms with E-state index >= 15 is 0 Å². The number of nitrogens with one attached hydrogen (secondary N) is 1. The first kappa shape index (κ1) is 13.8. The maximum Gasteiger partial charge on any atom is 0.214 e. The van der Waals surface area contributed by atoms with Crippen molar-refractivity contribution in [3.8, 4) is 0 Å². The summed E-state index contributed by atoms with van der Waals surface area (Å²) >= 11 is 0. The van der Waals surface area contributed by atoms with Crippen LogP contribution in [0.1, 0.15) is 20.8 Å². The number of ether oxygens (including phenoxy) is 1. The molecule has 0 aromatic heterocycles. The van der Waals surface area contributed by atoms with Crippen LogP contribution in [0.3, 0.4) is 0 Å². The fraction of sp³-hybridized carbons (Fsp3) is 1.00. The van der Waals surface area contributed by atoms with Gasteiger partial charge in [0.1, 0.15) is 0 Å². The minimum absolute atomic E-state index is 0.0183. The van der Waals surface area contributed by atoms with E-state index in [1.54, 1.807) is 6.92 Å². The molecule has 0 rings (SSSR count). The molecular formula is C8H20N2O3S. The lowest BCUT2D eigenvalue weighted by Crippen LogP contribution is -2.39. The normalized spacial score (nSPS) is 14.6. The van der Waals surface area contributed by atoms with Crippen molar-refractivity contribution in [2.45, 2.75) is 32.9 Å². The van der Waals surface area contributed by atoms with Crippen LogP contribution in [0.25, 0.3) is 0 Å². The van der Waals surface area contributed by atoms with Crippen molar-refractivity contribution < 1.29 is 13.2 Å². The second-order valence-electron chi connectivity index (χ2n) is 3.49. The van der Waals surface area contributed by atoms with Crippen LogP contribution in [0.2, 0.25) is 0 Å². The van der Waals surface area contributed by atoms with Crippen LogP contribution in [-0.2, 0) is 14.8 Å². The van der Waals surface area contributed by atoms with Crippen LogP contribution in [-0.4, -0.2) is 39.5 Å². The van der Waals surface area contributed by atoms with E-state index in [1.807, 2.05) is 13.8 Å². The van der Waals surface area contributed by atoms with Crippen molar-refractivity contribution >= 4 is 10.0 Å². The predicted octanol–water partition coefficient (Wildman–Crippen LogP) is -0.322. The van der Waals surface area contributed by atoms with E-state index in [1.165, 1.54) is 0 Å². The molecule has 0 aliphatic rings. The van der Waals surface area contributed by atoms with E-state index in [4.69, 9.17) is 10.5 Å². The zero-order valence-electron chi connectivity index (χ0n) is 8.99. The van der Waals surface area contributed by atoms with Gasteiger partial charge in [0, 0.05) is 12.6 Å². The predicted molar refractivity (Wildman–Crippen MR) is 56.5 cm³/mol. The third-order valence-electron chi connectivity index (χ3n) is 1.54. The molecule has 0 radical (unpaired) electrons. The summed E-state index contributed by atoms with van der Waals surface area (Å²) in [5.74, 6) is -0.0183. The van der Waals surface area contributed by atoms with Crippen LogP contribution in [0.5, 0.6) is 0 Å². The second-order valence-corrected chi connectivity index (χ2v) is 5.37. The van der Waals surface area contributed by atoms with Crippen molar-refractivity contribution in [2.75, 3.05) is 18.9 Å². The molecule has 0 aromatic carbocycles. The van der Waals surface area contributed by atoms with Gasteiger partial charge in [-0.3, -0.25) is 0 Å². The van der Waals surface area contributed by atoms with E-state index in [0.29, 0.717) is 6.54 Å². The smallest absolute Gasteiger partial charge is 0.214 e. The maximum atomic E-state index is 11.3. The summed E-state index contributed by atoms with van der Waals surface area (Å²) in [7, 11) is -3.24. The molecule has 86 valence electrons. The summed E-state index contributed by atoms with van der Waals surface area (Å²) in [4.78, 5) is 0. The van der Waals surface area contributed by atoms with Crippen molar-refractivity contribution in [3.63, 3.8) is 0 Å². The second kappa shape index (κ2) is 6.34. The summed E-state index contributed by atoms with van der Waals surface area (Å²) in [5.41, 5.74) is 5.30. The number of hydrogen-bond donors (Lipinski definition) is 2. The van der Waals surface area contributed by atoms with Crippen molar-refractivity contribution in [3.05, 3.63) is 0 Å². The fourth-order valence-electron chi connectivity index (χ4n) is 0.807. The largest absolute Gasteiger partial charge is 0.378 e. The number of nitrogens with two attached hydrogens (primary N) is 1. The van der Waals surface area contributed by atoms with Crippen molar-refractivity contribution in [2.24, 2.45) is 5.73 Å². The zero-order valence-corrected chi connectivity index (χ0v) is 9.80. The highest BCUT2D eigenvalue weighted by molar-refractivity contribution is 7.89. The topological polar surface area (TPSA) is 81.4 Å². The van der Waals surface area contributed by atoms with Gasteiger partial charge in [-0.25, -0.2) is 13.1 Å². The molecule has 0 saturated carbocycles. The Morgan fingerprint density at radius 3 is 2.36 bits per heavy atom. The number of sulfonamides is 1. The molecule has 3 N–H and O–H groups in total. The molecule has 0 saturated heterocycles. The Morgan fingerprint density at radius 2 is 1.93 bits per heavy atom. The SMILES string of the molecule is CC(C)OCCS(=O)(=O)N[C@H](C)CN. The summed E-state index contributed by atoms with van der Waals surface area (Å²) in [6, 6.07) is -0.223. The lowest BCUT2D eigenvalue weighted by atomic mass is 10.4. The van der Waals surface area contributed by atoms with Crippen LogP contribution < -0.4 is 10.5 Å². The van der Waals surface area contributed by atoms with Crippen LogP contribution >= 0.6 is 0 Å². The third-order valence-corrected chi connectivity index (χ3v) is 3.00. The Labute approximate surface area is 86.1 Å². The van der Waals surface area contributed by atoms with E-state index in [2.05, 4.69) is 4.72 Å². The van der Waals surface area contributed by atoms with Crippen LogP contribution in [0, 0.1) is 0 Å². The molecular weight excluding hydrogens is 204 g/mol. The zero-order chi connectivity index (χ0) is 11.2. The van der Waals surface area contributed by atoms with Gasteiger partial charge in [-0.1, -0.05) is 0 Å². The fourth-order valence-corrected chi connectivity index (χ4v) is 1.95. The molecule has 0 bridgehead atoms. The Kier molecular flexibility index (Phi) is 6.26. The molecule has 0 aliphatic heterocycles. The van der Waals surface area contributed by atoms with Crippen molar-refractivity contribution in [1.29, 1.82) is 0 Å². The third kappa shape index (κ3) is 7.25. The molecule has 0 amide bonds. The van der Waals surface area contributed by atoms with E-state index in [9.17, 15) is 8.42 Å². The Morgan fingerprint density at radius 1 is 1.36 bits per heavy atom. The minimum Gasteiger partial charge on any atom is -0.378 e. The Hall–Kier alpha value is -0.170. The van der Waals surface area contributed by atoms with Crippen molar-refractivity contribution in [1.82, 2.24) is 4.72 Å². The quantitative estimate of drug-likeness (QED) is 0.621. The first-order valence-electron chi connectivity index (χ1n) is 4.69. The van der Waals surface area contributed by atoms with Gasteiger partial charge in [0.05, 0.1) is 18.5 Å². The first-order chi connectivity index (χ1) is 6.37. The lowest BCUT2D eigenvalue weighted by molar-refractivity contribution is 0.0911. The van der Waals surface area contributed by atoms with E-state index in [-0.39, 0.29) is 24.5 Å². The number of rotatable bonds is 7. The van der Waals surface area contributed by atoms with Gasteiger partial charge < -0.3 is 10.5 Å². The summed E-state index contributed by atoms with van der Waals surface area (Å²) in [6.07, 6.45) is 0.0529. The molecule has 14 heavy (non-hydrogen) atoms. The van der Waals surface area contributed by atoms with E-state index < -0.39 is 10.0 Å². The molecule has 6 heteroatoms. The molecule has 5 nitrogen and oxygen atoms in total. The van der Waals surface area contributed by atoms with E-state index in [0.717, 1.165) is 0 Å². The van der Waals surface area contributed by atoms with Gasteiger partial charge in [-0.15, -0.1) is 0 Å². The molecule has 0 spiro atoms. The van der Waals surface area contributed by atoms with Gasteiger partial charge in [0.25, 0.3) is 0 Å². The Balaban J connectivity index is 3.84. The minimum atomic E-state index is -3.24. The maximum absolute atomic E-state index is 11.3. The molecule has 1 atom stereocenters. The molecule has 0 aliphatic carbocycles. The number of hydrogen-bond acceptors (Lipinski definition) is 4. The highest BCUT2D eigenvalue weighted by Crippen LogP contribution is 1.92. The van der Waals surface area contributed by atoms with Gasteiger partial charge in [-0.05, 0) is 20.8 Å². The standard InChI is InChI=1S/C8H20N2O3S/c1-7(2)13-4-5-14(11,12)10-8(3)6-9/h7-8,10H,4-6,9H2,1-3H3/t8-/m1/s1. The highest BCUT2D eigenvalue weighted by Gasteiger charge is 2.13. The van der Waals surface area contributed by atoms with Gasteiger partial charge in [0.15, 0.2) is 0 Å².